The molecule has 1 aliphatic rings. The number of benzene rings is 1. The van der Waals surface area contributed by atoms with Crippen molar-refractivity contribution >= 4 is 23.3 Å². The third-order valence-corrected chi connectivity index (χ3v) is 2.59. The number of carboxylic acids is 1. The summed E-state index contributed by atoms with van der Waals surface area (Å²) >= 11 is 0. The second-order valence-corrected chi connectivity index (χ2v) is 3.80. The van der Waals surface area contributed by atoms with Crippen LogP contribution in [0.25, 0.3) is 0 Å². The van der Waals surface area contributed by atoms with Crippen LogP contribution in [0.4, 0.5) is 11.4 Å². The van der Waals surface area contributed by atoms with Crippen molar-refractivity contribution in [1.82, 2.24) is 0 Å². The Morgan fingerprint density at radius 1 is 1.53 bits per heavy atom. The Hall–Kier alpha value is -2.08. The molecule has 0 radical (unpaired) electrons. The van der Waals surface area contributed by atoms with Gasteiger partial charge in [0.05, 0.1) is 23.5 Å². The molecule has 6 nitrogen and oxygen atoms in total. The number of hydrogen-bond donors (Lipinski definition) is 3. The number of amides is 1. The van der Waals surface area contributed by atoms with Crippen molar-refractivity contribution in [3.05, 3.63) is 23.8 Å². The Labute approximate surface area is 98.0 Å². The number of rotatable bonds is 3. The zero-order valence-electron chi connectivity index (χ0n) is 9.14. The van der Waals surface area contributed by atoms with Gasteiger partial charge in [0.2, 0.25) is 5.91 Å². The number of aromatic carboxylic acids is 1. The van der Waals surface area contributed by atoms with E-state index in [1.54, 1.807) is 6.07 Å². The maximum absolute atomic E-state index is 11.5. The fraction of sp³-hybridized carbons (Fsp3) is 0.273. The molecule has 0 spiro atoms. The van der Waals surface area contributed by atoms with E-state index in [1.807, 2.05) is 4.90 Å². The highest BCUT2D eigenvalue weighted by Gasteiger charge is 2.22. The normalized spacial score (nSPS) is 14.2. The topological polar surface area (TPSA) is 95.7 Å². The highest BCUT2D eigenvalue weighted by atomic mass is 16.4. The molecule has 0 bridgehead atoms. The number of nitrogens with zero attached hydrogens (tertiary/aromatic N) is 1. The third kappa shape index (κ3) is 2.21. The minimum Gasteiger partial charge on any atom is -0.478 e. The van der Waals surface area contributed by atoms with E-state index in [4.69, 9.17) is 10.8 Å². The standard InChI is InChI=1S/C11H13N3O3/c12-3-4-14-6-10(15)13-8-5-7(11(16)17)1-2-9(8)14/h1-2,5H,3-4,6,12H2,(H,13,15)(H,16,17). The van der Waals surface area contributed by atoms with Gasteiger partial charge >= 0.3 is 5.97 Å². The molecule has 0 aliphatic carbocycles. The molecule has 4 N–H and O–H groups in total. The van der Waals surface area contributed by atoms with E-state index in [0.717, 1.165) is 5.69 Å². The first-order valence-corrected chi connectivity index (χ1v) is 5.24. The lowest BCUT2D eigenvalue weighted by molar-refractivity contribution is -0.115. The van der Waals surface area contributed by atoms with E-state index < -0.39 is 5.97 Å². The fourth-order valence-electron chi connectivity index (χ4n) is 1.85. The molecule has 0 fully saturated rings. The highest BCUT2D eigenvalue weighted by Crippen LogP contribution is 2.30. The number of anilines is 2. The first-order chi connectivity index (χ1) is 8.11. The second-order valence-electron chi connectivity index (χ2n) is 3.80. The van der Waals surface area contributed by atoms with Gasteiger partial charge in [0.15, 0.2) is 0 Å². The summed E-state index contributed by atoms with van der Waals surface area (Å²) in [5.41, 5.74) is 6.95. The maximum atomic E-state index is 11.5. The molecule has 1 aromatic rings. The van der Waals surface area contributed by atoms with Crippen LogP contribution in [-0.4, -0.2) is 36.6 Å². The van der Waals surface area contributed by atoms with Gasteiger partial charge in [-0.3, -0.25) is 4.79 Å². The van der Waals surface area contributed by atoms with Gasteiger partial charge in [0.25, 0.3) is 0 Å². The lowest BCUT2D eigenvalue weighted by Crippen LogP contribution is -2.40. The number of fused-ring (bicyclic) bond motifs is 1. The van der Waals surface area contributed by atoms with Crippen molar-refractivity contribution in [3.8, 4) is 0 Å². The summed E-state index contributed by atoms with van der Waals surface area (Å²) < 4.78 is 0. The van der Waals surface area contributed by atoms with Crippen molar-refractivity contribution in [2.75, 3.05) is 29.9 Å². The van der Waals surface area contributed by atoms with Gasteiger partial charge in [-0.1, -0.05) is 0 Å². The number of carbonyl (C=O) groups is 2. The first-order valence-electron chi connectivity index (χ1n) is 5.24. The lowest BCUT2D eigenvalue weighted by Gasteiger charge is -2.30. The molecule has 2 rings (SSSR count). The van der Waals surface area contributed by atoms with E-state index in [1.165, 1.54) is 12.1 Å². The van der Waals surface area contributed by atoms with Gasteiger partial charge in [-0.15, -0.1) is 0 Å². The average Bonchev–Trinajstić information content (AvgIpc) is 2.28. The molecule has 1 amide bonds. The maximum Gasteiger partial charge on any atom is 0.335 e. The van der Waals surface area contributed by atoms with Crippen LogP contribution < -0.4 is 16.0 Å². The van der Waals surface area contributed by atoms with Crippen LogP contribution in [0.5, 0.6) is 0 Å². The van der Waals surface area contributed by atoms with Crippen molar-refractivity contribution in [2.24, 2.45) is 5.73 Å². The molecular weight excluding hydrogens is 222 g/mol. The SMILES string of the molecule is NCCN1CC(=O)Nc2cc(C(=O)O)ccc21. The van der Waals surface area contributed by atoms with Gasteiger partial charge in [0, 0.05) is 13.1 Å². The summed E-state index contributed by atoms with van der Waals surface area (Å²) in [5, 5.41) is 11.5. The molecule has 0 unspecified atom stereocenters. The van der Waals surface area contributed by atoms with E-state index in [9.17, 15) is 9.59 Å². The Balaban J connectivity index is 2.40. The van der Waals surface area contributed by atoms with Gasteiger partial charge in [-0.2, -0.15) is 0 Å². The third-order valence-electron chi connectivity index (χ3n) is 2.59. The fourth-order valence-corrected chi connectivity index (χ4v) is 1.85. The van der Waals surface area contributed by atoms with Crippen LogP contribution in [0.1, 0.15) is 10.4 Å². The van der Waals surface area contributed by atoms with Gasteiger partial charge in [-0.25, -0.2) is 4.79 Å². The molecule has 1 aromatic carbocycles. The number of nitrogens with one attached hydrogen (secondary N) is 1. The molecule has 1 aliphatic heterocycles. The predicted molar refractivity (Wildman–Crippen MR) is 63.3 cm³/mol. The smallest absolute Gasteiger partial charge is 0.335 e. The number of hydrogen-bond acceptors (Lipinski definition) is 4. The summed E-state index contributed by atoms with van der Waals surface area (Å²) in [6.45, 7) is 1.25. The summed E-state index contributed by atoms with van der Waals surface area (Å²) in [4.78, 5) is 24.1. The molecule has 0 atom stereocenters. The van der Waals surface area contributed by atoms with Crippen LogP contribution in [0.2, 0.25) is 0 Å². The summed E-state index contributed by atoms with van der Waals surface area (Å²) in [7, 11) is 0. The molecule has 1 heterocycles. The Kier molecular flexibility index (Phi) is 2.97. The quantitative estimate of drug-likeness (QED) is 0.690. The van der Waals surface area contributed by atoms with Crippen molar-refractivity contribution in [1.29, 1.82) is 0 Å². The van der Waals surface area contributed by atoms with E-state index >= 15 is 0 Å². The second kappa shape index (κ2) is 4.42. The Morgan fingerprint density at radius 3 is 2.94 bits per heavy atom. The van der Waals surface area contributed by atoms with Crippen molar-refractivity contribution < 1.29 is 14.7 Å². The summed E-state index contributed by atoms with van der Waals surface area (Å²) in [6.07, 6.45) is 0. The Bertz CT molecular complexity index is 473. The van der Waals surface area contributed by atoms with Gasteiger partial charge in [-0.05, 0) is 18.2 Å². The molecule has 90 valence electrons. The first kappa shape index (κ1) is 11.4. The van der Waals surface area contributed by atoms with E-state index in [0.29, 0.717) is 18.8 Å². The van der Waals surface area contributed by atoms with Gasteiger partial charge < -0.3 is 21.1 Å². The predicted octanol–water partition coefficient (Wildman–Crippen LogP) is 0.102. The number of carboxylic acid groups (broad SMARTS) is 1. The lowest BCUT2D eigenvalue weighted by atomic mass is 10.1. The zero-order chi connectivity index (χ0) is 12.4. The molecule has 17 heavy (non-hydrogen) atoms. The minimum absolute atomic E-state index is 0.152. The van der Waals surface area contributed by atoms with Crippen LogP contribution in [0.3, 0.4) is 0 Å². The van der Waals surface area contributed by atoms with E-state index in [2.05, 4.69) is 5.32 Å². The monoisotopic (exact) mass is 235 g/mol. The summed E-state index contributed by atoms with van der Waals surface area (Å²) in [6, 6.07) is 4.66. The highest BCUT2D eigenvalue weighted by molar-refractivity contribution is 6.03. The molecule has 6 heteroatoms. The Morgan fingerprint density at radius 2 is 2.29 bits per heavy atom. The number of nitrogens with two attached hydrogens (primary N) is 1. The van der Waals surface area contributed by atoms with E-state index in [-0.39, 0.29) is 18.0 Å². The zero-order valence-corrected chi connectivity index (χ0v) is 9.14. The average molecular weight is 235 g/mol. The van der Waals surface area contributed by atoms with Crippen molar-refractivity contribution in [3.63, 3.8) is 0 Å². The number of carbonyl (C=O) groups excluding carboxylic acids is 1. The van der Waals surface area contributed by atoms with Crippen LogP contribution in [-0.2, 0) is 4.79 Å². The van der Waals surface area contributed by atoms with Crippen LogP contribution in [0.15, 0.2) is 18.2 Å². The molecule has 0 saturated heterocycles. The summed E-state index contributed by atoms with van der Waals surface area (Å²) in [5.74, 6) is -1.17. The van der Waals surface area contributed by atoms with Crippen LogP contribution in [0, 0.1) is 0 Å². The minimum atomic E-state index is -1.02. The molecule has 0 aromatic heterocycles. The molecule has 0 saturated carbocycles. The molecular formula is C11H13N3O3. The largest absolute Gasteiger partial charge is 0.478 e. The van der Waals surface area contributed by atoms with Crippen LogP contribution >= 0.6 is 0 Å². The van der Waals surface area contributed by atoms with Gasteiger partial charge in [0.1, 0.15) is 0 Å². The van der Waals surface area contributed by atoms with Crippen molar-refractivity contribution in [2.45, 2.75) is 0 Å².